The molecule has 0 aliphatic rings. The predicted octanol–water partition coefficient (Wildman–Crippen LogP) is -0.919. The van der Waals surface area contributed by atoms with E-state index in [1.165, 1.54) is 0 Å². The van der Waals surface area contributed by atoms with Crippen molar-refractivity contribution in [3.05, 3.63) is 0 Å². The Bertz CT molecular complexity index is 25.3. The Morgan fingerprint density at radius 2 is 0.455 bits per heavy atom. The first-order valence-corrected chi connectivity index (χ1v) is 0. The van der Waals surface area contributed by atoms with Crippen LogP contribution < -0.4 is 0 Å². The molecule has 0 unspecified atom stereocenters. The van der Waals surface area contributed by atoms with Crippen LogP contribution in [0.15, 0.2) is 0 Å². The molecule has 0 aromatic heterocycles. The van der Waals surface area contributed by atoms with Gasteiger partial charge in [-0.05, 0) is 0 Å². The van der Waals surface area contributed by atoms with Gasteiger partial charge in [-0.1, -0.05) is 0 Å². The quantitative estimate of drug-likeness (QED) is 0.393. The molecule has 0 bridgehead atoms. The van der Waals surface area contributed by atoms with Crippen LogP contribution in [-0.4, -0.2) is 91.8 Å². The van der Waals surface area contributed by atoms with Crippen molar-refractivity contribution >= 4 is 112 Å². The number of rotatable bonds is 0. The Balaban J connectivity index is 0. The van der Waals surface area contributed by atoms with Crippen molar-refractivity contribution in [3.63, 3.8) is 0 Å². The summed E-state index contributed by atoms with van der Waals surface area (Å²) < 4.78 is 0. The van der Waals surface area contributed by atoms with Crippen LogP contribution in [0.2, 0.25) is 0 Å². The topological polar surface area (TPSA) is 85.5 Å². The van der Waals surface area contributed by atoms with Crippen LogP contribution in [0, 0.1) is 0 Å². The molecule has 0 amide bonds. The molecule has 0 fully saturated rings. The molecular formula is Al2Ge2O3P2Si2. The van der Waals surface area contributed by atoms with E-state index >= 15 is 0 Å². The van der Waals surface area contributed by atoms with E-state index in [9.17, 15) is 0 Å². The third-order valence-corrected chi connectivity index (χ3v) is 0. The Labute approximate surface area is 127 Å². The predicted molar refractivity (Wildman–Crippen MR) is 50.4 cm³/mol. The van der Waals surface area contributed by atoms with E-state index in [0.29, 0.717) is 0 Å². The summed E-state index contributed by atoms with van der Waals surface area (Å²) in [5.74, 6) is 0. The first-order chi connectivity index (χ1) is 0. The fraction of sp³-hybridized carbons (Fsp3) is 0. The van der Waals surface area contributed by atoms with Gasteiger partial charge in [-0.25, -0.2) is 0 Å². The molecule has 0 spiro atoms. The summed E-state index contributed by atoms with van der Waals surface area (Å²) in [5, 5.41) is 0. The molecule has 0 heterocycles. The Kier molecular flexibility index (Phi) is 3830. The van der Waals surface area contributed by atoms with Crippen molar-refractivity contribution in [2.75, 3.05) is 0 Å². The summed E-state index contributed by atoms with van der Waals surface area (Å²) in [7, 11) is 0. The molecule has 0 aromatic carbocycles. The van der Waals surface area contributed by atoms with Gasteiger partial charge < -0.3 is 16.4 Å². The normalized spacial score (nSPS) is 0. The summed E-state index contributed by atoms with van der Waals surface area (Å²) >= 11 is 0. The minimum Gasteiger partial charge on any atom is -2.00 e. The van der Waals surface area contributed by atoms with Crippen molar-refractivity contribution in [3.8, 4) is 0 Å². The molecule has 0 rings (SSSR count). The van der Waals surface area contributed by atoms with Crippen LogP contribution in [0.25, 0.3) is 0 Å². The molecule has 11 heteroatoms. The molecule has 0 N–H and O–H groups in total. The second kappa shape index (κ2) is 183. The second-order valence-corrected chi connectivity index (χ2v) is 0. The Morgan fingerprint density at radius 3 is 0.455 bits per heavy atom. The molecule has 0 saturated heterocycles. The van der Waals surface area contributed by atoms with Crippen LogP contribution in [0.5, 0.6) is 0 Å². The first kappa shape index (κ1) is 230. The largest absolute Gasteiger partial charge is 3.00 e. The minimum atomic E-state index is 0. The van der Waals surface area contributed by atoms with Crippen LogP contribution in [-0.2, 0) is 16.4 Å². The number of hydrogen-bond donors (Lipinski definition) is 0. The fourth-order valence-electron chi connectivity index (χ4n) is 0. The van der Waals surface area contributed by atoms with Gasteiger partial charge in [-0.2, -0.15) is 0 Å². The molecule has 0 aliphatic carbocycles. The average molecular weight is 365 g/mol. The second-order valence-electron chi connectivity index (χ2n) is 0. The van der Waals surface area contributed by atoms with E-state index < -0.39 is 0 Å². The summed E-state index contributed by atoms with van der Waals surface area (Å²) in [6.45, 7) is 0. The molecule has 22 radical (unpaired) electrons. The summed E-state index contributed by atoms with van der Waals surface area (Å²) in [4.78, 5) is 0. The standard InChI is InChI=1S/2Al.2Ge.3O.2P.2Si/q2*+3;;;3*-2;;;;. The molecule has 0 atom stereocenters. The van der Waals surface area contributed by atoms with E-state index in [2.05, 4.69) is 0 Å². The molecule has 0 aromatic rings. The van der Waals surface area contributed by atoms with E-state index in [-0.39, 0.29) is 128 Å². The van der Waals surface area contributed by atoms with Crippen LogP contribution in [0.3, 0.4) is 0 Å². The third-order valence-electron chi connectivity index (χ3n) is 0. The maximum atomic E-state index is 0. The van der Waals surface area contributed by atoms with Crippen molar-refractivity contribution in [1.82, 2.24) is 0 Å². The van der Waals surface area contributed by atoms with Gasteiger partial charge in [0.2, 0.25) is 0 Å². The van der Waals surface area contributed by atoms with Crippen molar-refractivity contribution in [2.24, 2.45) is 0 Å². The van der Waals surface area contributed by atoms with Gasteiger partial charge in [-0.15, -0.1) is 0 Å². The SMILES string of the molecule is [Al+3].[Al+3].[Ge].[Ge].[O-2].[O-2].[O-2].[P].[P].[Si].[Si]. The van der Waals surface area contributed by atoms with Crippen molar-refractivity contribution in [2.45, 2.75) is 0 Å². The maximum absolute atomic E-state index is 0. The Hall–Kier alpha value is 3.32. The van der Waals surface area contributed by atoms with E-state index in [1.54, 1.807) is 0 Å². The van der Waals surface area contributed by atoms with Crippen LogP contribution in [0.1, 0.15) is 0 Å². The van der Waals surface area contributed by atoms with Gasteiger partial charge in [0.05, 0.1) is 0 Å². The van der Waals surface area contributed by atoms with Crippen LogP contribution >= 0.6 is 19.8 Å². The zero-order valence-corrected chi connectivity index (χ0v) is 15.6. The van der Waals surface area contributed by atoms with Gasteiger partial charge in [-0.3, -0.25) is 0 Å². The molecule has 0 aliphatic heterocycles. The summed E-state index contributed by atoms with van der Waals surface area (Å²) in [5.41, 5.74) is 0. The molecule has 11 heavy (non-hydrogen) atoms. The van der Waals surface area contributed by atoms with E-state index in [1.807, 2.05) is 0 Å². The molecule has 0 saturated carbocycles. The van der Waals surface area contributed by atoms with Crippen molar-refractivity contribution in [1.29, 1.82) is 0 Å². The van der Waals surface area contributed by atoms with Gasteiger partial charge in [0.25, 0.3) is 0 Å². The van der Waals surface area contributed by atoms with Gasteiger partial charge in [0.15, 0.2) is 0 Å². The smallest absolute Gasteiger partial charge is 2.00 e. The summed E-state index contributed by atoms with van der Waals surface area (Å²) in [6.07, 6.45) is 0. The van der Waals surface area contributed by atoms with E-state index in [4.69, 9.17) is 0 Å². The van der Waals surface area contributed by atoms with Gasteiger partial charge >= 0.3 is 34.7 Å². The Morgan fingerprint density at radius 1 is 0.455 bits per heavy atom. The van der Waals surface area contributed by atoms with Crippen molar-refractivity contribution < 1.29 is 16.4 Å². The maximum Gasteiger partial charge on any atom is 3.00 e. The van der Waals surface area contributed by atoms with Crippen LogP contribution in [0.4, 0.5) is 0 Å². The number of hydrogen-bond acceptors (Lipinski definition) is 0. The van der Waals surface area contributed by atoms with E-state index in [0.717, 1.165) is 0 Å². The third kappa shape index (κ3) is 155. The zero-order valence-electron chi connectivity index (χ0n) is 5.27. The van der Waals surface area contributed by atoms with Gasteiger partial charge in [0, 0.05) is 76.9 Å². The van der Waals surface area contributed by atoms with Gasteiger partial charge in [0.1, 0.15) is 0 Å². The monoisotopic (exact) mass is 368 g/mol. The molecule has 50 valence electrons. The molecule has 3 nitrogen and oxygen atoms in total. The fourth-order valence-corrected chi connectivity index (χ4v) is 0. The average Bonchev–Trinajstić information content (AvgIpc) is 0. The zero-order chi connectivity index (χ0) is 0. The summed E-state index contributed by atoms with van der Waals surface area (Å²) in [6, 6.07) is 0. The minimum absolute atomic E-state index is 0. The first-order valence-electron chi connectivity index (χ1n) is 0. The molecular weight excluding hydrogens is 365 g/mol.